The van der Waals surface area contributed by atoms with Crippen LogP contribution in [0, 0.1) is 0 Å². The molecule has 1 N–H and O–H groups in total. The summed E-state index contributed by atoms with van der Waals surface area (Å²) in [6, 6.07) is 2.68. The van der Waals surface area contributed by atoms with E-state index in [-0.39, 0.29) is 29.1 Å². The number of nitrogens with zero attached hydrogens (tertiary/aromatic N) is 3. The standard InChI is InChI=1S/C16H22N4O3/c1-2-9-20-14(21)8-7-12(18-20)16(23)19-10-3-4-13(19)15(22)17-11-5-6-11/h7-8,11,13H,2-6,9-10H2,1H3,(H,17,22). The summed E-state index contributed by atoms with van der Waals surface area (Å²) in [4.78, 5) is 38.3. The molecule has 1 aliphatic carbocycles. The molecule has 1 atom stereocenters. The molecule has 7 nitrogen and oxygen atoms in total. The van der Waals surface area contributed by atoms with Gasteiger partial charge in [0.2, 0.25) is 5.91 Å². The van der Waals surface area contributed by atoms with Crippen LogP contribution in [0.4, 0.5) is 0 Å². The number of carbonyl (C=O) groups is 2. The number of amides is 2. The maximum Gasteiger partial charge on any atom is 0.274 e. The van der Waals surface area contributed by atoms with Crippen molar-refractivity contribution < 1.29 is 9.59 Å². The minimum atomic E-state index is -0.420. The van der Waals surface area contributed by atoms with Crippen LogP contribution in [0.5, 0.6) is 0 Å². The third-order valence-electron chi connectivity index (χ3n) is 4.26. The average Bonchev–Trinajstić information content (AvgIpc) is 3.21. The second kappa shape index (κ2) is 6.52. The van der Waals surface area contributed by atoms with E-state index >= 15 is 0 Å². The lowest BCUT2D eigenvalue weighted by Crippen LogP contribution is -2.47. The van der Waals surface area contributed by atoms with Crippen molar-refractivity contribution in [3.05, 3.63) is 28.2 Å². The normalized spacial score (nSPS) is 20.6. The molecule has 0 aromatic carbocycles. The highest BCUT2D eigenvalue weighted by Gasteiger charge is 2.37. The van der Waals surface area contributed by atoms with E-state index in [1.165, 1.54) is 16.8 Å². The van der Waals surface area contributed by atoms with Gasteiger partial charge in [0.25, 0.3) is 11.5 Å². The maximum atomic E-state index is 12.7. The number of hydrogen-bond acceptors (Lipinski definition) is 4. The molecule has 1 aromatic heterocycles. The molecule has 2 amide bonds. The molecule has 2 aliphatic rings. The van der Waals surface area contributed by atoms with Crippen molar-refractivity contribution in [2.24, 2.45) is 0 Å². The summed E-state index contributed by atoms with van der Waals surface area (Å²) in [5.74, 6) is -0.344. The highest BCUT2D eigenvalue weighted by Crippen LogP contribution is 2.23. The van der Waals surface area contributed by atoms with Gasteiger partial charge in [-0.1, -0.05) is 6.92 Å². The molecule has 0 bridgehead atoms. The first-order valence-corrected chi connectivity index (χ1v) is 8.29. The molecule has 1 unspecified atom stereocenters. The molecule has 124 valence electrons. The molecule has 23 heavy (non-hydrogen) atoms. The van der Waals surface area contributed by atoms with Crippen molar-refractivity contribution in [3.63, 3.8) is 0 Å². The van der Waals surface area contributed by atoms with Crippen molar-refractivity contribution >= 4 is 11.8 Å². The van der Waals surface area contributed by atoms with Gasteiger partial charge in [-0.25, -0.2) is 4.68 Å². The number of aromatic nitrogens is 2. The van der Waals surface area contributed by atoms with Crippen LogP contribution in [0.1, 0.15) is 49.5 Å². The highest BCUT2D eigenvalue weighted by molar-refractivity contribution is 5.96. The van der Waals surface area contributed by atoms with E-state index in [9.17, 15) is 14.4 Å². The van der Waals surface area contributed by atoms with Crippen LogP contribution in [-0.2, 0) is 11.3 Å². The molecular formula is C16H22N4O3. The van der Waals surface area contributed by atoms with Gasteiger partial charge < -0.3 is 10.2 Å². The van der Waals surface area contributed by atoms with E-state index < -0.39 is 6.04 Å². The van der Waals surface area contributed by atoms with Crippen LogP contribution in [-0.4, -0.2) is 45.1 Å². The van der Waals surface area contributed by atoms with Gasteiger partial charge in [0.1, 0.15) is 11.7 Å². The van der Waals surface area contributed by atoms with Crippen LogP contribution < -0.4 is 10.9 Å². The van der Waals surface area contributed by atoms with Crippen LogP contribution >= 0.6 is 0 Å². The Bertz CT molecular complexity index is 666. The fourth-order valence-corrected chi connectivity index (χ4v) is 2.89. The summed E-state index contributed by atoms with van der Waals surface area (Å²) in [5, 5.41) is 7.12. The third-order valence-corrected chi connectivity index (χ3v) is 4.26. The van der Waals surface area contributed by atoms with Crippen molar-refractivity contribution in [1.82, 2.24) is 20.0 Å². The summed E-state index contributed by atoms with van der Waals surface area (Å²) in [5.41, 5.74) is 0.0111. The van der Waals surface area contributed by atoms with Crippen molar-refractivity contribution in [2.45, 2.75) is 57.7 Å². The van der Waals surface area contributed by atoms with E-state index in [1.54, 1.807) is 4.90 Å². The molecule has 1 saturated heterocycles. The maximum absolute atomic E-state index is 12.7. The predicted molar refractivity (Wildman–Crippen MR) is 84.0 cm³/mol. The molecule has 0 spiro atoms. The molecular weight excluding hydrogens is 296 g/mol. The first-order valence-electron chi connectivity index (χ1n) is 8.29. The highest BCUT2D eigenvalue weighted by atomic mass is 16.2. The van der Waals surface area contributed by atoms with Crippen molar-refractivity contribution in [1.29, 1.82) is 0 Å². The number of carbonyl (C=O) groups excluding carboxylic acids is 2. The Morgan fingerprint density at radius 3 is 2.78 bits per heavy atom. The molecule has 2 fully saturated rings. The topological polar surface area (TPSA) is 84.3 Å². The fraction of sp³-hybridized carbons (Fsp3) is 0.625. The van der Waals surface area contributed by atoms with Crippen LogP contribution in [0.15, 0.2) is 16.9 Å². The number of nitrogens with one attached hydrogen (secondary N) is 1. The van der Waals surface area contributed by atoms with Crippen LogP contribution in [0.3, 0.4) is 0 Å². The monoisotopic (exact) mass is 318 g/mol. The zero-order chi connectivity index (χ0) is 16.4. The molecule has 1 aliphatic heterocycles. The second-order valence-corrected chi connectivity index (χ2v) is 6.22. The van der Waals surface area contributed by atoms with E-state index in [1.807, 2.05) is 6.92 Å². The van der Waals surface area contributed by atoms with Gasteiger partial charge in [0.05, 0.1) is 0 Å². The lowest BCUT2D eigenvalue weighted by molar-refractivity contribution is -0.125. The SMILES string of the molecule is CCCn1nc(C(=O)N2CCCC2C(=O)NC2CC2)ccc1=O. The molecule has 7 heteroatoms. The zero-order valence-electron chi connectivity index (χ0n) is 13.3. The Labute approximate surface area is 134 Å². The Morgan fingerprint density at radius 2 is 2.09 bits per heavy atom. The number of rotatable bonds is 5. The summed E-state index contributed by atoms with van der Waals surface area (Å²) in [6.45, 7) is 2.98. The largest absolute Gasteiger partial charge is 0.352 e. The number of aryl methyl sites for hydroxylation is 1. The first-order chi connectivity index (χ1) is 11.1. The van der Waals surface area contributed by atoms with Gasteiger partial charge >= 0.3 is 0 Å². The Morgan fingerprint density at radius 1 is 1.30 bits per heavy atom. The van der Waals surface area contributed by atoms with Gasteiger partial charge in [-0.2, -0.15) is 5.10 Å². The Kier molecular flexibility index (Phi) is 4.45. The summed E-state index contributed by atoms with van der Waals surface area (Å²) >= 11 is 0. The van der Waals surface area contributed by atoms with Crippen LogP contribution in [0.25, 0.3) is 0 Å². The van der Waals surface area contributed by atoms with E-state index in [0.717, 1.165) is 25.7 Å². The Balaban J connectivity index is 1.76. The minimum Gasteiger partial charge on any atom is -0.352 e. The zero-order valence-corrected chi connectivity index (χ0v) is 13.3. The lowest BCUT2D eigenvalue weighted by Gasteiger charge is -2.23. The van der Waals surface area contributed by atoms with E-state index in [2.05, 4.69) is 10.4 Å². The van der Waals surface area contributed by atoms with Gasteiger partial charge in [-0.3, -0.25) is 14.4 Å². The molecule has 0 radical (unpaired) electrons. The van der Waals surface area contributed by atoms with Gasteiger partial charge in [0.15, 0.2) is 0 Å². The lowest BCUT2D eigenvalue weighted by atomic mass is 10.2. The van der Waals surface area contributed by atoms with Crippen molar-refractivity contribution in [2.75, 3.05) is 6.54 Å². The van der Waals surface area contributed by atoms with E-state index in [4.69, 9.17) is 0 Å². The molecule has 2 heterocycles. The minimum absolute atomic E-state index is 0.0692. The Hall–Kier alpha value is -2.18. The summed E-state index contributed by atoms with van der Waals surface area (Å²) in [7, 11) is 0. The quantitative estimate of drug-likeness (QED) is 0.858. The average molecular weight is 318 g/mol. The smallest absolute Gasteiger partial charge is 0.274 e. The number of likely N-dealkylation sites (tertiary alicyclic amines) is 1. The van der Waals surface area contributed by atoms with Gasteiger partial charge in [-0.15, -0.1) is 0 Å². The summed E-state index contributed by atoms with van der Waals surface area (Å²) < 4.78 is 1.31. The predicted octanol–water partition coefficient (Wildman–Crippen LogP) is 0.536. The summed E-state index contributed by atoms with van der Waals surface area (Å²) in [6.07, 6.45) is 4.30. The van der Waals surface area contributed by atoms with Gasteiger partial charge in [-0.05, 0) is 38.2 Å². The van der Waals surface area contributed by atoms with Crippen LogP contribution in [0.2, 0.25) is 0 Å². The number of hydrogen-bond donors (Lipinski definition) is 1. The molecule has 1 saturated carbocycles. The third kappa shape index (κ3) is 3.43. The van der Waals surface area contributed by atoms with E-state index in [0.29, 0.717) is 19.5 Å². The second-order valence-electron chi connectivity index (χ2n) is 6.22. The molecule has 3 rings (SSSR count). The molecule has 1 aromatic rings. The van der Waals surface area contributed by atoms with Crippen molar-refractivity contribution in [3.8, 4) is 0 Å². The fourth-order valence-electron chi connectivity index (χ4n) is 2.89. The van der Waals surface area contributed by atoms with Gasteiger partial charge in [0, 0.05) is 25.2 Å². The first kappa shape index (κ1) is 15.7.